The van der Waals surface area contributed by atoms with Crippen molar-refractivity contribution in [2.24, 2.45) is 0 Å². The van der Waals surface area contributed by atoms with Crippen molar-refractivity contribution in [2.45, 2.75) is 82.8 Å². The van der Waals surface area contributed by atoms with E-state index in [0.29, 0.717) is 23.0 Å². The van der Waals surface area contributed by atoms with E-state index < -0.39 is 56.6 Å². The van der Waals surface area contributed by atoms with Crippen LogP contribution in [0.15, 0.2) is 43.0 Å². The van der Waals surface area contributed by atoms with Gasteiger partial charge in [-0.25, -0.2) is 23.9 Å². The van der Waals surface area contributed by atoms with Crippen LogP contribution < -0.4 is 14.9 Å². The van der Waals surface area contributed by atoms with Crippen LogP contribution in [-0.4, -0.2) is 73.3 Å². The zero-order valence-corrected chi connectivity index (χ0v) is 24.0. The zero-order valence-electron chi connectivity index (χ0n) is 23.1. The number of nitrogens with one attached hydrogen (secondary N) is 2. The SMILES string of the molecule is CC(C)OC(=O)[C@@H](C)N[P@](=O)(OC[C@H]1O[C@@H](n2cnc3c(NC4CC4)ncnc32)[C@](C)(F)[C@@H]1O)Oc1ccccc1. The predicted molar refractivity (Wildman–Crippen MR) is 146 cm³/mol. The number of para-hydroxylation sites is 1. The summed E-state index contributed by atoms with van der Waals surface area (Å²) in [6.45, 7) is 5.48. The number of fused-ring (bicyclic) bond motifs is 1. The van der Waals surface area contributed by atoms with Gasteiger partial charge in [0.1, 0.15) is 30.3 Å². The van der Waals surface area contributed by atoms with Crippen LogP contribution in [0.25, 0.3) is 11.2 Å². The molecule has 0 radical (unpaired) electrons. The third-order valence-electron chi connectivity index (χ3n) is 6.68. The number of hydrogen-bond donors (Lipinski definition) is 3. The van der Waals surface area contributed by atoms with Gasteiger partial charge in [-0.2, -0.15) is 5.09 Å². The Labute approximate surface area is 236 Å². The van der Waals surface area contributed by atoms with Gasteiger partial charge in [0.05, 0.1) is 19.0 Å². The summed E-state index contributed by atoms with van der Waals surface area (Å²) >= 11 is 0. The normalized spacial score (nSPS) is 26.6. The topological polar surface area (TPSA) is 159 Å². The fourth-order valence-electron chi connectivity index (χ4n) is 4.41. The molecule has 5 rings (SSSR count). The molecular weight excluding hydrogens is 558 g/mol. The minimum absolute atomic E-state index is 0.203. The fourth-order valence-corrected chi connectivity index (χ4v) is 5.91. The number of aliphatic hydroxyl groups excluding tert-OH is 1. The molecule has 0 spiro atoms. The van der Waals surface area contributed by atoms with Gasteiger partial charge < -0.3 is 24.4 Å². The maximum absolute atomic E-state index is 16.0. The third-order valence-corrected chi connectivity index (χ3v) is 8.33. The van der Waals surface area contributed by atoms with E-state index in [9.17, 15) is 14.5 Å². The van der Waals surface area contributed by atoms with Gasteiger partial charge in [0.2, 0.25) is 0 Å². The number of imidazole rings is 1. The molecule has 0 bridgehead atoms. The fraction of sp³-hybridized carbons (Fsp3) is 0.538. The lowest BCUT2D eigenvalue weighted by Gasteiger charge is -2.25. The minimum Gasteiger partial charge on any atom is -0.462 e. The zero-order chi connectivity index (χ0) is 29.4. The van der Waals surface area contributed by atoms with Crippen LogP contribution in [0.3, 0.4) is 0 Å². The highest BCUT2D eigenvalue weighted by Gasteiger charge is 2.56. The molecule has 0 unspecified atom stereocenters. The number of ether oxygens (including phenoxy) is 2. The molecule has 13 nitrogen and oxygen atoms in total. The van der Waals surface area contributed by atoms with Gasteiger partial charge in [0.25, 0.3) is 0 Å². The summed E-state index contributed by atoms with van der Waals surface area (Å²) in [5.41, 5.74) is -1.54. The molecule has 6 atom stereocenters. The van der Waals surface area contributed by atoms with E-state index in [0.717, 1.165) is 12.8 Å². The van der Waals surface area contributed by atoms with Crippen molar-refractivity contribution in [3.63, 3.8) is 0 Å². The Morgan fingerprint density at radius 1 is 1.24 bits per heavy atom. The monoisotopic (exact) mass is 592 g/mol. The molecule has 222 valence electrons. The Balaban J connectivity index is 1.34. The smallest absolute Gasteiger partial charge is 0.459 e. The Hall–Kier alpha value is -3.16. The van der Waals surface area contributed by atoms with Gasteiger partial charge >= 0.3 is 13.7 Å². The third kappa shape index (κ3) is 6.52. The van der Waals surface area contributed by atoms with Crippen molar-refractivity contribution < 1.29 is 37.4 Å². The molecule has 3 N–H and O–H groups in total. The second-order valence-corrected chi connectivity index (χ2v) is 12.3. The molecule has 1 saturated heterocycles. The Kier molecular flexibility index (Phi) is 8.31. The number of alkyl halides is 1. The summed E-state index contributed by atoms with van der Waals surface area (Å²) in [7, 11) is -4.26. The molecule has 2 aliphatic rings. The predicted octanol–water partition coefficient (Wildman–Crippen LogP) is 3.52. The van der Waals surface area contributed by atoms with E-state index in [4.69, 9.17) is 18.5 Å². The molecule has 1 aliphatic heterocycles. The van der Waals surface area contributed by atoms with Crippen LogP contribution >= 0.6 is 7.75 Å². The van der Waals surface area contributed by atoms with Crippen molar-refractivity contribution in [1.82, 2.24) is 24.6 Å². The molecule has 2 aromatic heterocycles. The average molecular weight is 593 g/mol. The number of halogens is 1. The van der Waals surface area contributed by atoms with Crippen molar-refractivity contribution in [3.8, 4) is 5.75 Å². The number of aliphatic hydroxyl groups is 1. The van der Waals surface area contributed by atoms with E-state index in [2.05, 4.69) is 25.4 Å². The van der Waals surface area contributed by atoms with E-state index in [1.54, 1.807) is 44.2 Å². The van der Waals surface area contributed by atoms with Gasteiger partial charge in [0, 0.05) is 6.04 Å². The van der Waals surface area contributed by atoms with Crippen molar-refractivity contribution >= 4 is 30.7 Å². The Morgan fingerprint density at radius 2 is 1.98 bits per heavy atom. The molecule has 2 fully saturated rings. The van der Waals surface area contributed by atoms with E-state index in [-0.39, 0.29) is 5.75 Å². The number of carbonyl (C=O) groups excluding carboxylic acids is 1. The molecule has 1 aliphatic carbocycles. The summed E-state index contributed by atoms with van der Waals surface area (Å²) in [5.74, 6) is 0.0676. The molecule has 15 heteroatoms. The Morgan fingerprint density at radius 3 is 2.66 bits per heavy atom. The van der Waals surface area contributed by atoms with E-state index in [1.165, 1.54) is 31.1 Å². The first kappa shape index (κ1) is 29.3. The number of anilines is 1. The highest BCUT2D eigenvalue weighted by Crippen LogP contribution is 2.48. The van der Waals surface area contributed by atoms with Crippen molar-refractivity contribution in [3.05, 3.63) is 43.0 Å². The summed E-state index contributed by atoms with van der Waals surface area (Å²) in [6.07, 6.45) is 0.118. The van der Waals surface area contributed by atoms with E-state index >= 15 is 4.39 Å². The molecule has 3 heterocycles. The second-order valence-electron chi connectivity index (χ2n) is 10.6. The summed E-state index contributed by atoms with van der Waals surface area (Å²) in [4.78, 5) is 25.3. The first-order chi connectivity index (χ1) is 19.5. The molecule has 41 heavy (non-hydrogen) atoms. The number of benzene rings is 1. The molecule has 1 aromatic carbocycles. The first-order valence-electron chi connectivity index (χ1n) is 13.4. The van der Waals surface area contributed by atoms with Crippen LogP contribution in [0.2, 0.25) is 0 Å². The highest BCUT2D eigenvalue weighted by atomic mass is 31.2. The van der Waals surface area contributed by atoms with E-state index in [1.807, 2.05) is 0 Å². The maximum atomic E-state index is 16.0. The van der Waals surface area contributed by atoms with Crippen LogP contribution in [0.4, 0.5) is 10.2 Å². The van der Waals surface area contributed by atoms with Crippen LogP contribution in [-0.2, 0) is 23.4 Å². The lowest BCUT2D eigenvalue weighted by atomic mass is 9.98. The van der Waals surface area contributed by atoms with Gasteiger partial charge in [-0.05, 0) is 52.7 Å². The highest BCUT2D eigenvalue weighted by molar-refractivity contribution is 7.52. The quantitative estimate of drug-likeness (QED) is 0.208. The van der Waals surface area contributed by atoms with Gasteiger partial charge in [0.15, 0.2) is 28.9 Å². The summed E-state index contributed by atoms with van der Waals surface area (Å²) in [6, 6.07) is 7.44. The first-order valence-corrected chi connectivity index (χ1v) is 14.9. The number of esters is 1. The van der Waals surface area contributed by atoms with Crippen molar-refractivity contribution in [2.75, 3.05) is 11.9 Å². The van der Waals surface area contributed by atoms with Crippen LogP contribution in [0, 0.1) is 0 Å². The number of rotatable bonds is 12. The maximum Gasteiger partial charge on any atom is 0.459 e. The number of carbonyl (C=O) groups is 1. The van der Waals surface area contributed by atoms with Crippen LogP contribution in [0.5, 0.6) is 5.75 Å². The number of aromatic nitrogens is 4. The van der Waals surface area contributed by atoms with Gasteiger partial charge in [-0.1, -0.05) is 18.2 Å². The van der Waals surface area contributed by atoms with Gasteiger partial charge in [-0.15, -0.1) is 0 Å². The minimum atomic E-state index is -4.26. The number of hydrogen-bond acceptors (Lipinski definition) is 11. The van der Waals surface area contributed by atoms with Crippen LogP contribution in [0.1, 0.15) is 46.8 Å². The molecule has 3 aromatic rings. The van der Waals surface area contributed by atoms with Gasteiger partial charge in [-0.3, -0.25) is 13.9 Å². The molecule has 0 amide bonds. The molecule has 1 saturated carbocycles. The lowest BCUT2D eigenvalue weighted by Crippen LogP contribution is -2.41. The number of nitrogens with zero attached hydrogens (tertiary/aromatic N) is 4. The standard InChI is InChI=1S/C26H34FN6O7P/c1-15(2)38-24(35)16(3)32-41(36,40-18-8-6-5-7-9-18)37-12-19-21(34)26(4,27)25(39-19)33-14-30-20-22(31-17-10-11-17)28-13-29-23(20)33/h5-9,13-17,19,21,25,34H,10-12H2,1-4H3,(H,32,36)(H,28,29,31)/t16-,19-,21-,25-,26-,41+/m1/s1. The summed E-state index contributed by atoms with van der Waals surface area (Å²) < 4.78 is 53.6. The average Bonchev–Trinajstić information content (AvgIpc) is 3.58. The largest absolute Gasteiger partial charge is 0.462 e. The Bertz CT molecular complexity index is 1420. The molecular formula is C26H34FN6O7P. The lowest BCUT2D eigenvalue weighted by molar-refractivity contribution is -0.149. The van der Waals surface area contributed by atoms with Crippen molar-refractivity contribution in [1.29, 1.82) is 0 Å². The summed E-state index contributed by atoms with van der Waals surface area (Å²) in [5, 5.41) is 16.8. The second kappa shape index (κ2) is 11.6.